The van der Waals surface area contributed by atoms with E-state index in [1.165, 1.54) is 6.08 Å². The fraction of sp³-hybridized carbons (Fsp3) is 0.667. The third-order valence-corrected chi connectivity index (χ3v) is 3.04. The highest BCUT2D eigenvalue weighted by atomic mass is 16.5. The summed E-state index contributed by atoms with van der Waals surface area (Å²) in [6.07, 6.45) is 2.58. The fourth-order valence-corrected chi connectivity index (χ4v) is 1.86. The normalized spacial score (nSPS) is 21.9. The Balaban J connectivity index is 2.39. The van der Waals surface area contributed by atoms with Gasteiger partial charge in [-0.25, -0.2) is 9.59 Å². The molecule has 3 N–H and O–H groups in total. The molecule has 102 valence electrons. The van der Waals surface area contributed by atoms with E-state index in [1.54, 1.807) is 0 Å². The zero-order valence-electron chi connectivity index (χ0n) is 10.5. The molecule has 1 aliphatic heterocycles. The van der Waals surface area contributed by atoms with Gasteiger partial charge < -0.3 is 20.5 Å². The first-order valence-corrected chi connectivity index (χ1v) is 6.03. The molecular weight excluding hydrogens is 236 g/mol. The minimum Gasteiger partial charge on any atom is -0.480 e. The lowest BCUT2D eigenvalue weighted by atomic mass is 10.0. The summed E-state index contributed by atoms with van der Waals surface area (Å²) in [6.45, 7) is 6.70. The Kier molecular flexibility index (Phi) is 5.64. The van der Waals surface area contributed by atoms with Crippen LogP contribution in [0.5, 0.6) is 0 Å². The van der Waals surface area contributed by atoms with Crippen LogP contribution in [0.15, 0.2) is 12.7 Å². The second-order valence-electron chi connectivity index (χ2n) is 4.45. The van der Waals surface area contributed by atoms with Crippen LogP contribution in [0.1, 0.15) is 19.8 Å². The molecule has 0 spiro atoms. The third-order valence-electron chi connectivity index (χ3n) is 3.04. The number of carbonyl (C=O) groups excluding carboxylic acids is 1. The van der Waals surface area contributed by atoms with E-state index < -0.39 is 18.0 Å². The first-order chi connectivity index (χ1) is 8.54. The van der Waals surface area contributed by atoms with Crippen molar-refractivity contribution in [3.05, 3.63) is 12.7 Å². The van der Waals surface area contributed by atoms with Gasteiger partial charge in [-0.1, -0.05) is 6.08 Å². The van der Waals surface area contributed by atoms with Crippen molar-refractivity contribution in [2.24, 2.45) is 5.92 Å². The summed E-state index contributed by atoms with van der Waals surface area (Å²) in [5, 5.41) is 14.0. The maximum atomic E-state index is 11.6. The van der Waals surface area contributed by atoms with Crippen molar-refractivity contribution in [2.45, 2.75) is 31.8 Å². The Morgan fingerprint density at radius 3 is 2.78 bits per heavy atom. The van der Waals surface area contributed by atoms with Gasteiger partial charge in [0.15, 0.2) is 0 Å². The van der Waals surface area contributed by atoms with E-state index in [0.717, 1.165) is 6.42 Å². The highest BCUT2D eigenvalue weighted by Crippen LogP contribution is 2.16. The number of hydrogen-bond donors (Lipinski definition) is 3. The molecule has 0 aliphatic carbocycles. The fourth-order valence-electron chi connectivity index (χ4n) is 1.86. The molecule has 0 radical (unpaired) electrons. The van der Waals surface area contributed by atoms with Gasteiger partial charge in [-0.2, -0.15) is 0 Å². The monoisotopic (exact) mass is 256 g/mol. The second kappa shape index (κ2) is 7.00. The molecule has 0 saturated carbocycles. The zero-order chi connectivity index (χ0) is 13.5. The van der Waals surface area contributed by atoms with Crippen molar-refractivity contribution in [3.63, 3.8) is 0 Å². The van der Waals surface area contributed by atoms with Crippen molar-refractivity contribution in [2.75, 3.05) is 13.2 Å². The van der Waals surface area contributed by atoms with Gasteiger partial charge in [0.25, 0.3) is 0 Å². The van der Waals surface area contributed by atoms with Crippen molar-refractivity contribution in [3.8, 4) is 0 Å². The SMILES string of the molecule is C=CCC(NC(=O)NC(C)C1CCOC1)C(=O)O. The number of carbonyl (C=O) groups is 2. The van der Waals surface area contributed by atoms with Gasteiger partial charge in [0, 0.05) is 18.6 Å². The molecule has 1 saturated heterocycles. The number of aliphatic carboxylic acids is 1. The summed E-state index contributed by atoms with van der Waals surface area (Å²) in [6, 6.07) is -1.44. The molecular formula is C12H20N2O4. The number of urea groups is 1. The molecule has 3 unspecified atom stereocenters. The average molecular weight is 256 g/mol. The van der Waals surface area contributed by atoms with Crippen molar-refractivity contribution in [1.29, 1.82) is 0 Å². The Morgan fingerprint density at radius 2 is 2.28 bits per heavy atom. The van der Waals surface area contributed by atoms with Gasteiger partial charge in [-0.05, 0) is 19.8 Å². The molecule has 6 nitrogen and oxygen atoms in total. The molecule has 1 fully saturated rings. The van der Waals surface area contributed by atoms with Crippen LogP contribution in [0.4, 0.5) is 4.79 Å². The lowest BCUT2D eigenvalue weighted by Crippen LogP contribution is -2.49. The van der Waals surface area contributed by atoms with Gasteiger partial charge >= 0.3 is 12.0 Å². The third kappa shape index (κ3) is 4.37. The van der Waals surface area contributed by atoms with Gasteiger partial charge in [0.05, 0.1) is 6.61 Å². The Labute approximate surface area is 106 Å². The quantitative estimate of drug-likeness (QED) is 0.612. The van der Waals surface area contributed by atoms with Gasteiger partial charge in [-0.15, -0.1) is 6.58 Å². The second-order valence-corrected chi connectivity index (χ2v) is 4.45. The minimum absolute atomic E-state index is 0.0364. The van der Waals surface area contributed by atoms with E-state index in [0.29, 0.717) is 19.1 Å². The van der Waals surface area contributed by atoms with Crippen LogP contribution in [-0.2, 0) is 9.53 Å². The van der Waals surface area contributed by atoms with E-state index in [-0.39, 0.29) is 12.5 Å². The first kappa shape index (κ1) is 14.5. The summed E-state index contributed by atoms with van der Waals surface area (Å²) in [5.74, 6) is -0.777. The smallest absolute Gasteiger partial charge is 0.326 e. The number of nitrogens with one attached hydrogen (secondary N) is 2. The molecule has 0 aromatic rings. The van der Waals surface area contributed by atoms with Crippen LogP contribution in [0.3, 0.4) is 0 Å². The molecule has 1 heterocycles. The van der Waals surface area contributed by atoms with Crippen LogP contribution in [0.25, 0.3) is 0 Å². The predicted molar refractivity (Wildman–Crippen MR) is 66.3 cm³/mol. The highest BCUT2D eigenvalue weighted by Gasteiger charge is 2.25. The van der Waals surface area contributed by atoms with Crippen LogP contribution in [0.2, 0.25) is 0 Å². The predicted octanol–water partition coefficient (Wildman–Crippen LogP) is 0.740. The van der Waals surface area contributed by atoms with Gasteiger partial charge in [0.2, 0.25) is 0 Å². The standard InChI is InChI=1S/C12H20N2O4/c1-3-4-10(11(15)16)14-12(17)13-8(2)9-5-6-18-7-9/h3,8-10H,1,4-7H2,2H3,(H,15,16)(H2,13,14,17). The molecule has 3 atom stereocenters. The molecule has 0 aromatic carbocycles. The number of carboxylic acids is 1. The lowest BCUT2D eigenvalue weighted by Gasteiger charge is -2.21. The van der Waals surface area contributed by atoms with Crippen LogP contribution >= 0.6 is 0 Å². The van der Waals surface area contributed by atoms with Crippen LogP contribution in [-0.4, -0.2) is 42.4 Å². The van der Waals surface area contributed by atoms with Crippen molar-refractivity contribution >= 4 is 12.0 Å². The Hall–Kier alpha value is -1.56. The molecule has 6 heteroatoms. The molecule has 1 aliphatic rings. The summed E-state index contributed by atoms with van der Waals surface area (Å²) in [7, 11) is 0. The average Bonchev–Trinajstić information content (AvgIpc) is 2.81. The van der Waals surface area contributed by atoms with E-state index in [4.69, 9.17) is 9.84 Å². The topological polar surface area (TPSA) is 87.7 Å². The van der Waals surface area contributed by atoms with Gasteiger partial charge in [-0.3, -0.25) is 0 Å². The largest absolute Gasteiger partial charge is 0.480 e. The number of carboxylic acid groups (broad SMARTS) is 1. The first-order valence-electron chi connectivity index (χ1n) is 6.03. The van der Waals surface area contributed by atoms with Crippen LogP contribution in [0, 0.1) is 5.92 Å². The number of ether oxygens (including phenoxy) is 1. The summed E-state index contributed by atoms with van der Waals surface area (Å²) in [5.41, 5.74) is 0. The summed E-state index contributed by atoms with van der Waals surface area (Å²) >= 11 is 0. The van der Waals surface area contributed by atoms with Crippen molar-refractivity contribution in [1.82, 2.24) is 10.6 Å². The zero-order valence-corrected chi connectivity index (χ0v) is 10.5. The van der Waals surface area contributed by atoms with Crippen molar-refractivity contribution < 1.29 is 19.4 Å². The highest BCUT2D eigenvalue weighted by molar-refractivity contribution is 5.82. The molecule has 2 amide bonds. The number of rotatable bonds is 6. The van der Waals surface area contributed by atoms with E-state index in [1.807, 2.05) is 6.92 Å². The van der Waals surface area contributed by atoms with E-state index >= 15 is 0 Å². The Morgan fingerprint density at radius 1 is 1.56 bits per heavy atom. The number of amides is 2. The van der Waals surface area contributed by atoms with Gasteiger partial charge in [0.1, 0.15) is 6.04 Å². The molecule has 18 heavy (non-hydrogen) atoms. The maximum absolute atomic E-state index is 11.6. The maximum Gasteiger partial charge on any atom is 0.326 e. The summed E-state index contributed by atoms with van der Waals surface area (Å²) in [4.78, 5) is 22.5. The van der Waals surface area contributed by atoms with E-state index in [9.17, 15) is 9.59 Å². The lowest BCUT2D eigenvalue weighted by molar-refractivity contribution is -0.139. The van der Waals surface area contributed by atoms with Crippen LogP contribution < -0.4 is 10.6 Å². The minimum atomic E-state index is -1.07. The van der Waals surface area contributed by atoms with E-state index in [2.05, 4.69) is 17.2 Å². The number of hydrogen-bond acceptors (Lipinski definition) is 3. The molecule has 0 bridgehead atoms. The Bertz CT molecular complexity index is 313. The summed E-state index contributed by atoms with van der Waals surface area (Å²) < 4.78 is 5.24. The molecule has 1 rings (SSSR count). The molecule has 0 aromatic heterocycles.